The van der Waals surface area contributed by atoms with Crippen molar-refractivity contribution in [3.63, 3.8) is 0 Å². The summed E-state index contributed by atoms with van der Waals surface area (Å²) in [7, 11) is 0. The third-order valence-corrected chi connectivity index (χ3v) is 2.50. The third kappa shape index (κ3) is 2.14. The van der Waals surface area contributed by atoms with Gasteiger partial charge in [-0.25, -0.2) is 4.79 Å². The van der Waals surface area contributed by atoms with Gasteiger partial charge in [-0.3, -0.25) is 0 Å². The molecule has 0 aliphatic rings. The first-order chi connectivity index (χ1) is 7.66. The van der Waals surface area contributed by atoms with Gasteiger partial charge in [-0.1, -0.05) is 24.3 Å². The molecule has 1 N–H and O–H groups in total. The fourth-order valence-corrected chi connectivity index (χ4v) is 1.58. The van der Waals surface area contributed by atoms with Crippen LogP contribution in [0.4, 0.5) is 0 Å². The highest BCUT2D eigenvalue weighted by Gasteiger charge is 2.09. The number of aryl methyl sites for hydroxylation is 1. The lowest BCUT2D eigenvalue weighted by molar-refractivity contribution is 0.0660. The van der Waals surface area contributed by atoms with Crippen LogP contribution in [0.15, 0.2) is 40.8 Å². The molecule has 16 heavy (non-hydrogen) atoms. The van der Waals surface area contributed by atoms with Gasteiger partial charge in [0.15, 0.2) is 0 Å². The van der Waals surface area contributed by atoms with Crippen molar-refractivity contribution in [1.29, 1.82) is 0 Å². The maximum absolute atomic E-state index is 10.6. The number of carboxylic acids is 1. The van der Waals surface area contributed by atoms with Crippen molar-refractivity contribution >= 4 is 5.97 Å². The second-order valence-corrected chi connectivity index (χ2v) is 3.67. The van der Waals surface area contributed by atoms with E-state index in [1.165, 1.54) is 11.6 Å². The number of aromatic carboxylic acids is 1. The second kappa shape index (κ2) is 4.23. The number of carboxylic acid groups (broad SMARTS) is 1. The van der Waals surface area contributed by atoms with Crippen LogP contribution in [0.3, 0.4) is 0 Å². The number of rotatable bonds is 3. The SMILES string of the molecule is Cc1ccccc1Cc1ccc(C(=O)O)o1. The molecule has 0 aliphatic heterocycles. The van der Waals surface area contributed by atoms with E-state index in [-0.39, 0.29) is 5.76 Å². The van der Waals surface area contributed by atoms with Crippen LogP contribution < -0.4 is 0 Å². The van der Waals surface area contributed by atoms with Crippen LogP contribution in [0, 0.1) is 6.92 Å². The van der Waals surface area contributed by atoms with Crippen LogP contribution in [0.1, 0.15) is 27.4 Å². The van der Waals surface area contributed by atoms with E-state index in [0.29, 0.717) is 12.2 Å². The first kappa shape index (κ1) is 10.5. The molecule has 1 aromatic carbocycles. The Labute approximate surface area is 93.3 Å². The summed E-state index contributed by atoms with van der Waals surface area (Å²) in [5.41, 5.74) is 2.32. The third-order valence-electron chi connectivity index (χ3n) is 2.50. The lowest BCUT2D eigenvalue weighted by atomic mass is 10.1. The smallest absolute Gasteiger partial charge is 0.371 e. The quantitative estimate of drug-likeness (QED) is 0.858. The Morgan fingerprint density at radius 2 is 2.00 bits per heavy atom. The van der Waals surface area contributed by atoms with Crippen molar-refractivity contribution in [3.05, 3.63) is 59.0 Å². The Morgan fingerprint density at radius 3 is 2.62 bits per heavy atom. The molecule has 0 saturated carbocycles. The zero-order valence-corrected chi connectivity index (χ0v) is 8.93. The van der Waals surface area contributed by atoms with Crippen LogP contribution in [0.2, 0.25) is 0 Å². The summed E-state index contributed by atoms with van der Waals surface area (Å²) in [6.07, 6.45) is 0.625. The lowest BCUT2D eigenvalue weighted by Crippen LogP contribution is -1.93. The van der Waals surface area contributed by atoms with Gasteiger partial charge in [-0.05, 0) is 30.2 Å². The van der Waals surface area contributed by atoms with E-state index < -0.39 is 5.97 Å². The molecule has 82 valence electrons. The molecule has 0 atom stereocenters. The van der Waals surface area contributed by atoms with Crippen LogP contribution >= 0.6 is 0 Å². The van der Waals surface area contributed by atoms with Crippen LogP contribution in [-0.4, -0.2) is 11.1 Å². The largest absolute Gasteiger partial charge is 0.475 e. The molecule has 0 radical (unpaired) electrons. The summed E-state index contributed by atoms with van der Waals surface area (Å²) >= 11 is 0. The fourth-order valence-electron chi connectivity index (χ4n) is 1.58. The Morgan fingerprint density at radius 1 is 1.25 bits per heavy atom. The molecule has 1 aromatic heterocycles. The molecule has 0 spiro atoms. The van der Waals surface area contributed by atoms with E-state index in [1.54, 1.807) is 6.07 Å². The molecule has 3 heteroatoms. The minimum Gasteiger partial charge on any atom is -0.475 e. The van der Waals surface area contributed by atoms with Crippen LogP contribution in [0.5, 0.6) is 0 Å². The average molecular weight is 216 g/mol. The number of furan rings is 1. The topological polar surface area (TPSA) is 50.4 Å². The average Bonchev–Trinajstić information content (AvgIpc) is 2.70. The second-order valence-electron chi connectivity index (χ2n) is 3.67. The maximum atomic E-state index is 10.6. The molecule has 0 bridgehead atoms. The number of benzene rings is 1. The van der Waals surface area contributed by atoms with Crippen molar-refractivity contribution in [3.8, 4) is 0 Å². The summed E-state index contributed by atoms with van der Waals surface area (Å²) in [5.74, 6) is -0.369. The molecule has 2 aromatic rings. The highest BCUT2D eigenvalue weighted by atomic mass is 16.4. The van der Waals surface area contributed by atoms with Crippen LogP contribution in [0.25, 0.3) is 0 Å². The molecule has 3 nitrogen and oxygen atoms in total. The van der Waals surface area contributed by atoms with Crippen molar-refractivity contribution < 1.29 is 14.3 Å². The van der Waals surface area contributed by atoms with Gasteiger partial charge in [0.2, 0.25) is 5.76 Å². The Kier molecular flexibility index (Phi) is 2.77. The number of hydrogen-bond acceptors (Lipinski definition) is 2. The normalized spacial score (nSPS) is 10.3. The summed E-state index contributed by atoms with van der Waals surface area (Å²) in [6.45, 7) is 2.02. The molecule has 0 unspecified atom stereocenters. The summed E-state index contributed by atoms with van der Waals surface area (Å²) in [6, 6.07) is 11.2. The van der Waals surface area contributed by atoms with Gasteiger partial charge in [-0.15, -0.1) is 0 Å². The molecule has 0 amide bonds. The van der Waals surface area contributed by atoms with Crippen molar-refractivity contribution in [2.45, 2.75) is 13.3 Å². The predicted octanol–water partition coefficient (Wildman–Crippen LogP) is 2.88. The van der Waals surface area contributed by atoms with Gasteiger partial charge in [0.25, 0.3) is 0 Å². The van der Waals surface area contributed by atoms with E-state index in [4.69, 9.17) is 9.52 Å². The summed E-state index contributed by atoms with van der Waals surface area (Å²) < 4.78 is 5.20. The highest BCUT2D eigenvalue weighted by Crippen LogP contribution is 2.15. The standard InChI is InChI=1S/C13H12O3/c1-9-4-2-3-5-10(9)8-11-6-7-12(16-11)13(14)15/h2-7H,8H2,1H3,(H,14,15). The molecule has 0 aliphatic carbocycles. The van der Waals surface area contributed by atoms with Gasteiger partial charge < -0.3 is 9.52 Å². The minimum atomic E-state index is -1.03. The Balaban J connectivity index is 2.21. The molecule has 2 rings (SSSR count). The van der Waals surface area contributed by atoms with Gasteiger partial charge in [0.1, 0.15) is 5.76 Å². The molecule has 0 fully saturated rings. The van der Waals surface area contributed by atoms with Gasteiger partial charge >= 0.3 is 5.97 Å². The lowest BCUT2D eigenvalue weighted by Gasteiger charge is -2.02. The monoisotopic (exact) mass is 216 g/mol. The van der Waals surface area contributed by atoms with Crippen LogP contribution in [-0.2, 0) is 6.42 Å². The van der Waals surface area contributed by atoms with E-state index in [9.17, 15) is 4.79 Å². The number of carbonyl (C=O) groups is 1. The Bertz CT molecular complexity index is 511. The predicted molar refractivity (Wildman–Crippen MR) is 59.7 cm³/mol. The van der Waals surface area contributed by atoms with E-state index >= 15 is 0 Å². The first-order valence-electron chi connectivity index (χ1n) is 5.03. The summed E-state index contributed by atoms with van der Waals surface area (Å²) in [4.78, 5) is 10.6. The fraction of sp³-hybridized carbons (Fsp3) is 0.154. The Hall–Kier alpha value is -2.03. The van der Waals surface area contributed by atoms with E-state index in [1.807, 2.05) is 31.2 Å². The first-order valence-corrected chi connectivity index (χ1v) is 5.03. The number of hydrogen-bond donors (Lipinski definition) is 1. The van der Waals surface area contributed by atoms with Crippen molar-refractivity contribution in [2.75, 3.05) is 0 Å². The zero-order chi connectivity index (χ0) is 11.5. The highest BCUT2D eigenvalue weighted by molar-refractivity contribution is 5.84. The van der Waals surface area contributed by atoms with Crippen molar-refractivity contribution in [1.82, 2.24) is 0 Å². The maximum Gasteiger partial charge on any atom is 0.371 e. The summed E-state index contributed by atoms with van der Waals surface area (Å²) in [5, 5.41) is 8.73. The van der Waals surface area contributed by atoms with E-state index in [0.717, 1.165) is 5.56 Å². The van der Waals surface area contributed by atoms with Gasteiger partial charge in [0.05, 0.1) is 0 Å². The molecule has 1 heterocycles. The van der Waals surface area contributed by atoms with Gasteiger partial charge in [0, 0.05) is 6.42 Å². The van der Waals surface area contributed by atoms with Crippen molar-refractivity contribution in [2.24, 2.45) is 0 Å². The molecular formula is C13H12O3. The van der Waals surface area contributed by atoms with Gasteiger partial charge in [-0.2, -0.15) is 0 Å². The minimum absolute atomic E-state index is 0.0106. The molecule has 0 saturated heterocycles. The van der Waals surface area contributed by atoms with E-state index in [2.05, 4.69) is 0 Å². The molecular weight excluding hydrogens is 204 g/mol. The zero-order valence-electron chi connectivity index (χ0n) is 8.93.